The second kappa shape index (κ2) is 12.1. The first kappa shape index (κ1) is 26.4. The summed E-state index contributed by atoms with van der Waals surface area (Å²) in [5.41, 5.74) is 11.3. The number of nitrogens with one attached hydrogen (secondary N) is 2. The van der Waals surface area contributed by atoms with E-state index in [4.69, 9.17) is 10.5 Å². The molecule has 0 saturated carbocycles. The van der Waals surface area contributed by atoms with Crippen molar-refractivity contribution in [1.82, 2.24) is 10.3 Å². The van der Waals surface area contributed by atoms with Gasteiger partial charge in [0.25, 0.3) is 0 Å². The molecule has 0 spiro atoms. The Morgan fingerprint density at radius 2 is 1.51 bits per heavy atom. The minimum atomic E-state index is -3.17. The summed E-state index contributed by atoms with van der Waals surface area (Å²) >= 11 is 0. The zero-order valence-electron chi connectivity index (χ0n) is 21.4. The summed E-state index contributed by atoms with van der Waals surface area (Å²) in [6.45, 7) is 0.966. The Kier molecular flexibility index (Phi) is 8.17. The number of sulfone groups is 1. The fraction of sp³-hybridized carbons (Fsp3) is 0.129. The summed E-state index contributed by atoms with van der Waals surface area (Å²) in [5, 5.41) is 7.68. The van der Waals surface area contributed by atoms with Gasteiger partial charge in [-0.05, 0) is 65.2 Å². The van der Waals surface area contributed by atoms with E-state index in [9.17, 15) is 8.42 Å². The Balaban J connectivity index is 1.24. The molecular formula is C31H30N4O3S. The lowest BCUT2D eigenvalue weighted by molar-refractivity contribution is 0.483. The second-order valence-electron chi connectivity index (χ2n) is 9.14. The van der Waals surface area contributed by atoms with Crippen LogP contribution in [-0.4, -0.2) is 31.6 Å². The molecule has 39 heavy (non-hydrogen) atoms. The van der Waals surface area contributed by atoms with E-state index in [1.54, 1.807) is 6.20 Å². The smallest absolute Gasteiger partial charge is 0.164 e. The maximum absolute atomic E-state index is 11.5. The number of aromatic nitrogens is 1. The van der Waals surface area contributed by atoms with E-state index in [-0.39, 0.29) is 11.6 Å². The van der Waals surface area contributed by atoms with Crippen LogP contribution in [0.3, 0.4) is 0 Å². The maximum atomic E-state index is 11.5. The van der Waals surface area contributed by atoms with Gasteiger partial charge in [-0.25, -0.2) is 8.42 Å². The van der Waals surface area contributed by atoms with Crippen molar-refractivity contribution >= 4 is 32.1 Å². The SMILES string of the molecule is NCS(=O)(=O)CCNCc1ccc(-c2ccc3c(Nc4ccc(Oc5ccccc5)cc4)ccnc3c2)cc1. The summed E-state index contributed by atoms with van der Waals surface area (Å²) in [6.07, 6.45) is 1.81. The average molecular weight is 539 g/mol. The Labute approximate surface area is 228 Å². The minimum Gasteiger partial charge on any atom is -0.457 e. The molecule has 0 aliphatic carbocycles. The summed E-state index contributed by atoms with van der Waals surface area (Å²) in [4.78, 5) is 4.60. The van der Waals surface area contributed by atoms with Gasteiger partial charge in [0, 0.05) is 36.0 Å². The van der Waals surface area contributed by atoms with Gasteiger partial charge in [-0.3, -0.25) is 4.98 Å². The normalized spacial score (nSPS) is 11.4. The molecule has 0 atom stereocenters. The van der Waals surface area contributed by atoms with Crippen LogP contribution in [0.5, 0.6) is 11.5 Å². The molecule has 1 heterocycles. The number of para-hydroxylation sites is 1. The van der Waals surface area contributed by atoms with Crippen molar-refractivity contribution in [3.63, 3.8) is 0 Å². The highest BCUT2D eigenvalue weighted by atomic mass is 32.2. The van der Waals surface area contributed by atoms with Crippen molar-refractivity contribution < 1.29 is 13.2 Å². The van der Waals surface area contributed by atoms with Crippen LogP contribution in [0.1, 0.15) is 5.56 Å². The van der Waals surface area contributed by atoms with Gasteiger partial charge in [0.1, 0.15) is 11.5 Å². The summed E-state index contributed by atoms with van der Waals surface area (Å²) in [6, 6.07) is 34.0. The first-order chi connectivity index (χ1) is 19.0. The van der Waals surface area contributed by atoms with Gasteiger partial charge in [-0.1, -0.05) is 54.6 Å². The van der Waals surface area contributed by atoms with Crippen molar-refractivity contribution in [2.75, 3.05) is 23.5 Å². The van der Waals surface area contributed by atoms with Gasteiger partial charge in [0.2, 0.25) is 0 Å². The Morgan fingerprint density at radius 1 is 0.795 bits per heavy atom. The average Bonchev–Trinajstić information content (AvgIpc) is 2.97. The Morgan fingerprint density at radius 3 is 2.26 bits per heavy atom. The predicted molar refractivity (Wildman–Crippen MR) is 158 cm³/mol. The number of hydrogen-bond donors (Lipinski definition) is 3. The standard InChI is InChI=1S/C31H30N4O3S/c32-22-39(36,37)19-18-33-21-23-6-8-24(9-7-23)25-10-15-29-30(16-17-34-31(29)20-25)35-26-11-13-28(14-12-26)38-27-4-2-1-3-5-27/h1-17,20,33H,18-19,21-22,32H2,(H,34,35). The molecule has 0 unspecified atom stereocenters. The van der Waals surface area contributed by atoms with E-state index < -0.39 is 9.84 Å². The molecule has 1 aromatic heterocycles. The van der Waals surface area contributed by atoms with Crippen LogP contribution in [0, 0.1) is 0 Å². The van der Waals surface area contributed by atoms with Gasteiger partial charge in [0.15, 0.2) is 9.84 Å². The molecule has 5 rings (SSSR count). The third kappa shape index (κ3) is 7.00. The number of benzene rings is 4. The van der Waals surface area contributed by atoms with E-state index in [2.05, 4.69) is 45.9 Å². The molecule has 8 heteroatoms. The summed E-state index contributed by atoms with van der Waals surface area (Å²) in [7, 11) is -3.17. The van der Waals surface area contributed by atoms with E-state index >= 15 is 0 Å². The van der Waals surface area contributed by atoms with Crippen LogP contribution in [0.2, 0.25) is 0 Å². The van der Waals surface area contributed by atoms with Crippen molar-refractivity contribution in [3.8, 4) is 22.6 Å². The molecule has 0 amide bonds. The lowest BCUT2D eigenvalue weighted by Gasteiger charge is -2.12. The number of fused-ring (bicyclic) bond motifs is 1. The van der Waals surface area contributed by atoms with Crippen LogP contribution < -0.4 is 21.1 Å². The Bertz CT molecular complexity index is 1640. The van der Waals surface area contributed by atoms with Crippen LogP contribution >= 0.6 is 0 Å². The van der Waals surface area contributed by atoms with Crippen LogP contribution in [0.15, 0.2) is 109 Å². The minimum absolute atomic E-state index is 0.0382. The highest BCUT2D eigenvalue weighted by molar-refractivity contribution is 7.91. The molecular weight excluding hydrogens is 508 g/mol. The fourth-order valence-electron chi connectivity index (χ4n) is 4.18. The van der Waals surface area contributed by atoms with Crippen LogP contribution in [0.4, 0.5) is 11.4 Å². The first-order valence-corrected chi connectivity index (χ1v) is 14.5. The van der Waals surface area contributed by atoms with E-state index in [1.165, 1.54) is 0 Å². The topological polar surface area (TPSA) is 106 Å². The molecule has 4 N–H and O–H groups in total. The third-order valence-corrected chi connectivity index (χ3v) is 7.65. The monoisotopic (exact) mass is 538 g/mol. The predicted octanol–water partition coefficient (Wildman–Crippen LogP) is 5.86. The number of ether oxygens (including phenoxy) is 1. The van der Waals surface area contributed by atoms with Gasteiger partial charge in [0.05, 0.1) is 17.1 Å². The van der Waals surface area contributed by atoms with E-state index in [0.29, 0.717) is 13.1 Å². The molecule has 5 aromatic rings. The number of hydrogen-bond acceptors (Lipinski definition) is 7. The summed E-state index contributed by atoms with van der Waals surface area (Å²) in [5.74, 6) is 1.30. The molecule has 0 aliphatic heterocycles. The first-order valence-electron chi connectivity index (χ1n) is 12.7. The van der Waals surface area contributed by atoms with E-state index in [0.717, 1.165) is 50.5 Å². The number of rotatable bonds is 11. The van der Waals surface area contributed by atoms with Gasteiger partial charge >= 0.3 is 0 Å². The molecule has 0 saturated heterocycles. The number of nitrogens with two attached hydrogens (primary N) is 1. The largest absolute Gasteiger partial charge is 0.457 e. The second-order valence-corrected chi connectivity index (χ2v) is 11.4. The number of nitrogens with zero attached hydrogens (tertiary/aromatic N) is 1. The maximum Gasteiger partial charge on any atom is 0.164 e. The molecule has 4 aromatic carbocycles. The van der Waals surface area contributed by atoms with Crippen LogP contribution in [0.25, 0.3) is 22.0 Å². The highest BCUT2D eigenvalue weighted by Crippen LogP contribution is 2.30. The van der Waals surface area contributed by atoms with Crippen molar-refractivity contribution in [3.05, 3.63) is 115 Å². The van der Waals surface area contributed by atoms with Crippen molar-refractivity contribution in [2.24, 2.45) is 5.73 Å². The molecule has 0 aliphatic rings. The molecule has 198 valence electrons. The molecule has 7 nitrogen and oxygen atoms in total. The zero-order chi connectivity index (χ0) is 27.1. The number of anilines is 2. The lowest BCUT2D eigenvalue weighted by Crippen LogP contribution is -2.26. The molecule has 0 bridgehead atoms. The fourth-order valence-corrected chi connectivity index (χ4v) is 4.80. The van der Waals surface area contributed by atoms with Crippen molar-refractivity contribution in [1.29, 1.82) is 0 Å². The summed E-state index contributed by atoms with van der Waals surface area (Å²) < 4.78 is 28.9. The van der Waals surface area contributed by atoms with Gasteiger partial charge in [-0.2, -0.15) is 0 Å². The molecule has 0 radical (unpaired) electrons. The third-order valence-electron chi connectivity index (χ3n) is 6.32. The van der Waals surface area contributed by atoms with E-state index in [1.807, 2.05) is 72.8 Å². The molecule has 0 fully saturated rings. The van der Waals surface area contributed by atoms with Crippen molar-refractivity contribution in [2.45, 2.75) is 6.54 Å². The lowest BCUT2D eigenvalue weighted by atomic mass is 10.0. The highest BCUT2D eigenvalue weighted by Gasteiger charge is 2.08. The van der Waals surface area contributed by atoms with Gasteiger partial charge < -0.3 is 21.1 Å². The Hall–Kier alpha value is -4.24. The quantitative estimate of drug-likeness (QED) is 0.181. The van der Waals surface area contributed by atoms with Gasteiger partial charge in [-0.15, -0.1) is 0 Å². The number of pyridine rings is 1. The van der Waals surface area contributed by atoms with Crippen LogP contribution in [-0.2, 0) is 16.4 Å². The zero-order valence-corrected chi connectivity index (χ0v) is 22.2.